The molecule has 4 amide bonds. The van der Waals surface area contributed by atoms with Gasteiger partial charge < -0.3 is 14.2 Å². The van der Waals surface area contributed by atoms with E-state index in [1.54, 1.807) is 48.5 Å². The summed E-state index contributed by atoms with van der Waals surface area (Å²) in [6.45, 7) is -0.0129. The fourth-order valence-electron chi connectivity index (χ4n) is 3.57. The van der Waals surface area contributed by atoms with Gasteiger partial charge in [0.2, 0.25) is 6.79 Å². The summed E-state index contributed by atoms with van der Waals surface area (Å²) in [6.07, 6.45) is 1.33. The number of nitrogens with one attached hydrogen (secondary N) is 1. The van der Waals surface area contributed by atoms with Crippen molar-refractivity contribution in [1.29, 1.82) is 0 Å². The van der Waals surface area contributed by atoms with Crippen LogP contribution in [0.4, 0.5) is 14.9 Å². The minimum absolute atomic E-state index is 0.0340. The molecule has 2 heterocycles. The van der Waals surface area contributed by atoms with Crippen molar-refractivity contribution < 1.29 is 33.0 Å². The Morgan fingerprint density at radius 2 is 1.74 bits per heavy atom. The molecule has 0 bridgehead atoms. The number of hydrogen-bond acceptors (Lipinski definition) is 6. The number of barbiturate groups is 1. The number of fused-ring (bicyclic) bond motifs is 1. The quantitative estimate of drug-likeness (QED) is 0.460. The second-order valence-electron chi connectivity index (χ2n) is 7.41. The number of urea groups is 1. The number of imide groups is 2. The molecule has 1 N–H and O–H groups in total. The molecule has 2 aliphatic heterocycles. The molecule has 0 spiro atoms. The lowest BCUT2D eigenvalue weighted by atomic mass is 10.1. The summed E-state index contributed by atoms with van der Waals surface area (Å²) in [5.41, 5.74) is 0.724. The Morgan fingerprint density at radius 3 is 2.59 bits per heavy atom. The van der Waals surface area contributed by atoms with Gasteiger partial charge in [-0.1, -0.05) is 36.4 Å². The monoisotopic (exact) mass is 460 g/mol. The van der Waals surface area contributed by atoms with E-state index in [1.807, 2.05) is 0 Å². The Hall–Kier alpha value is -4.66. The number of ether oxygens (including phenoxy) is 3. The third kappa shape index (κ3) is 3.95. The van der Waals surface area contributed by atoms with Crippen LogP contribution in [0.3, 0.4) is 0 Å². The summed E-state index contributed by atoms with van der Waals surface area (Å²) in [7, 11) is 0. The molecule has 0 aromatic heterocycles. The molecule has 0 atom stereocenters. The maximum atomic E-state index is 13.9. The molecule has 3 aromatic rings. The topological polar surface area (TPSA) is 94.2 Å². The van der Waals surface area contributed by atoms with Crippen LogP contribution in [0.1, 0.15) is 11.1 Å². The first-order chi connectivity index (χ1) is 16.5. The van der Waals surface area contributed by atoms with Gasteiger partial charge >= 0.3 is 6.03 Å². The number of nitrogens with zero attached hydrogens (tertiary/aromatic N) is 1. The standard InChI is InChI=1S/C25H17FN2O6/c26-19-7-3-1-6-16(19)13-32-20-8-4-2-5-15(20)11-18-23(29)27-25(31)28(24(18)30)17-9-10-21-22(12-17)34-14-33-21/h1-12H,13-14H2,(H,27,29,31)/b18-11-. The molecule has 0 unspecified atom stereocenters. The van der Waals surface area contributed by atoms with Gasteiger partial charge in [-0.25, -0.2) is 14.1 Å². The maximum Gasteiger partial charge on any atom is 0.335 e. The van der Waals surface area contributed by atoms with E-state index in [9.17, 15) is 18.8 Å². The fraction of sp³-hybridized carbons (Fsp3) is 0.0800. The maximum absolute atomic E-state index is 13.9. The number of benzene rings is 3. The first-order valence-corrected chi connectivity index (χ1v) is 10.3. The molecule has 1 fully saturated rings. The first-order valence-electron chi connectivity index (χ1n) is 10.3. The van der Waals surface area contributed by atoms with Crippen molar-refractivity contribution in [3.05, 3.63) is 89.2 Å². The number of para-hydroxylation sites is 1. The van der Waals surface area contributed by atoms with Crippen LogP contribution < -0.4 is 24.4 Å². The van der Waals surface area contributed by atoms with E-state index >= 15 is 0 Å². The molecule has 0 radical (unpaired) electrons. The van der Waals surface area contributed by atoms with Crippen LogP contribution in [-0.4, -0.2) is 24.6 Å². The Labute approximate surface area is 193 Å². The molecular weight excluding hydrogens is 443 g/mol. The van der Waals surface area contributed by atoms with E-state index in [0.717, 1.165) is 4.90 Å². The van der Waals surface area contributed by atoms with Crippen LogP contribution in [0.25, 0.3) is 6.08 Å². The highest BCUT2D eigenvalue weighted by Gasteiger charge is 2.37. The van der Waals surface area contributed by atoms with Crippen molar-refractivity contribution in [1.82, 2.24) is 5.32 Å². The summed E-state index contributed by atoms with van der Waals surface area (Å²) in [4.78, 5) is 39.1. The lowest BCUT2D eigenvalue weighted by Crippen LogP contribution is -2.54. The van der Waals surface area contributed by atoms with Crippen LogP contribution >= 0.6 is 0 Å². The van der Waals surface area contributed by atoms with Crippen molar-refractivity contribution in [3.8, 4) is 17.2 Å². The van der Waals surface area contributed by atoms with E-state index in [-0.39, 0.29) is 24.7 Å². The van der Waals surface area contributed by atoms with Crippen LogP contribution in [0, 0.1) is 5.82 Å². The molecule has 1 saturated heterocycles. The molecule has 5 rings (SSSR count). The van der Waals surface area contributed by atoms with E-state index in [4.69, 9.17) is 14.2 Å². The molecule has 3 aromatic carbocycles. The van der Waals surface area contributed by atoms with Gasteiger partial charge in [-0.3, -0.25) is 14.9 Å². The van der Waals surface area contributed by atoms with Gasteiger partial charge in [-0.2, -0.15) is 0 Å². The highest BCUT2D eigenvalue weighted by molar-refractivity contribution is 6.39. The van der Waals surface area contributed by atoms with Crippen molar-refractivity contribution in [2.75, 3.05) is 11.7 Å². The van der Waals surface area contributed by atoms with Gasteiger partial charge in [0.15, 0.2) is 11.5 Å². The molecule has 2 aliphatic rings. The Morgan fingerprint density at radius 1 is 0.971 bits per heavy atom. The number of rotatable bonds is 5. The average molecular weight is 460 g/mol. The molecule has 8 nitrogen and oxygen atoms in total. The second kappa shape index (κ2) is 8.70. The largest absolute Gasteiger partial charge is 0.488 e. The molecule has 0 aliphatic carbocycles. The van der Waals surface area contributed by atoms with Gasteiger partial charge in [0, 0.05) is 17.2 Å². The number of halogens is 1. The number of anilines is 1. The molecule has 170 valence electrons. The van der Waals surface area contributed by atoms with Crippen molar-refractivity contribution in [3.63, 3.8) is 0 Å². The average Bonchev–Trinajstić information content (AvgIpc) is 3.30. The number of carbonyl (C=O) groups is 3. The van der Waals surface area contributed by atoms with Crippen LogP contribution in [0.15, 0.2) is 72.3 Å². The smallest absolute Gasteiger partial charge is 0.335 e. The summed E-state index contributed by atoms with van der Waals surface area (Å²) < 4.78 is 30.3. The molecular formula is C25H17FN2O6. The lowest BCUT2D eigenvalue weighted by Gasteiger charge is -2.26. The Balaban J connectivity index is 1.45. The van der Waals surface area contributed by atoms with Crippen LogP contribution in [0.5, 0.6) is 17.2 Å². The van der Waals surface area contributed by atoms with Crippen molar-refractivity contribution >= 4 is 29.6 Å². The van der Waals surface area contributed by atoms with Crippen molar-refractivity contribution in [2.24, 2.45) is 0 Å². The second-order valence-corrected chi connectivity index (χ2v) is 7.41. The van der Waals surface area contributed by atoms with Crippen LogP contribution in [0.2, 0.25) is 0 Å². The van der Waals surface area contributed by atoms with Crippen LogP contribution in [-0.2, 0) is 16.2 Å². The number of hydrogen-bond donors (Lipinski definition) is 1. The molecule has 0 saturated carbocycles. The minimum Gasteiger partial charge on any atom is -0.488 e. The summed E-state index contributed by atoms with van der Waals surface area (Å²) in [6, 6.07) is 16.6. The SMILES string of the molecule is O=C1NC(=O)N(c2ccc3c(c2)OCO3)C(=O)/C1=C\c1ccccc1OCc1ccccc1F. The number of carbonyl (C=O) groups excluding carboxylic acids is 3. The highest BCUT2D eigenvalue weighted by Crippen LogP contribution is 2.36. The normalized spacial score (nSPS) is 16.1. The zero-order valence-electron chi connectivity index (χ0n) is 17.6. The summed E-state index contributed by atoms with van der Waals surface area (Å²) in [5.74, 6) is -0.843. The van der Waals surface area contributed by atoms with Gasteiger partial charge in [-0.05, 0) is 30.3 Å². The molecule has 9 heteroatoms. The van der Waals surface area contributed by atoms with E-state index in [1.165, 1.54) is 24.3 Å². The third-order valence-corrected chi connectivity index (χ3v) is 5.28. The van der Waals surface area contributed by atoms with E-state index < -0.39 is 23.7 Å². The highest BCUT2D eigenvalue weighted by atomic mass is 19.1. The third-order valence-electron chi connectivity index (χ3n) is 5.28. The Bertz CT molecular complexity index is 1350. The Kier molecular flexibility index (Phi) is 5.43. The van der Waals surface area contributed by atoms with Gasteiger partial charge in [0.25, 0.3) is 11.8 Å². The van der Waals surface area contributed by atoms with Gasteiger partial charge in [0.1, 0.15) is 23.7 Å². The van der Waals surface area contributed by atoms with Gasteiger partial charge in [0.05, 0.1) is 5.69 Å². The van der Waals surface area contributed by atoms with Crippen molar-refractivity contribution in [2.45, 2.75) is 6.61 Å². The van der Waals surface area contributed by atoms with E-state index in [2.05, 4.69) is 5.32 Å². The predicted octanol–water partition coefficient (Wildman–Crippen LogP) is 3.80. The first kappa shape index (κ1) is 21.2. The summed E-state index contributed by atoms with van der Waals surface area (Å²) >= 11 is 0. The predicted molar refractivity (Wildman–Crippen MR) is 119 cm³/mol. The zero-order valence-corrected chi connectivity index (χ0v) is 17.6. The van der Waals surface area contributed by atoms with Gasteiger partial charge in [-0.15, -0.1) is 0 Å². The molecule has 34 heavy (non-hydrogen) atoms. The number of amides is 4. The fourth-order valence-corrected chi connectivity index (χ4v) is 3.57. The van der Waals surface area contributed by atoms with E-state index in [0.29, 0.717) is 28.4 Å². The lowest BCUT2D eigenvalue weighted by molar-refractivity contribution is -0.122. The minimum atomic E-state index is -0.880. The zero-order chi connectivity index (χ0) is 23.7. The summed E-state index contributed by atoms with van der Waals surface area (Å²) in [5, 5.41) is 2.18.